The number of carbonyl (C=O) groups excluding carboxylic acids is 1. The van der Waals surface area contributed by atoms with Gasteiger partial charge in [-0.15, -0.1) is 29.3 Å². The van der Waals surface area contributed by atoms with Gasteiger partial charge >= 0.3 is 0 Å². The second-order valence-electron chi connectivity index (χ2n) is 7.80. The molecule has 1 amide bonds. The summed E-state index contributed by atoms with van der Waals surface area (Å²) in [5.41, 5.74) is 1.92. The average Bonchev–Trinajstić information content (AvgIpc) is 3.48. The molecule has 0 radical (unpaired) electrons. The molecule has 0 aliphatic rings. The number of carbonyl (C=O) groups is 1. The molecule has 170 valence electrons. The average molecular weight is 496 g/mol. The molecule has 3 heterocycles. The van der Waals surface area contributed by atoms with Crippen LogP contribution >= 0.6 is 34.4 Å². The van der Waals surface area contributed by atoms with E-state index in [9.17, 15) is 9.59 Å². The normalized spacial score (nSPS) is 11.2. The number of hydrogen-bond acceptors (Lipinski definition) is 6. The minimum atomic E-state index is -0.0931. The third-order valence-electron chi connectivity index (χ3n) is 5.22. The van der Waals surface area contributed by atoms with Gasteiger partial charge in [-0.05, 0) is 30.9 Å². The molecule has 0 unspecified atom stereocenters. The fourth-order valence-electron chi connectivity index (χ4n) is 3.57. The molecule has 0 saturated carbocycles. The van der Waals surface area contributed by atoms with E-state index in [0.717, 1.165) is 16.0 Å². The largest absolute Gasteiger partial charge is 0.335 e. The number of benzene rings is 1. The summed E-state index contributed by atoms with van der Waals surface area (Å²) in [7, 11) is 0. The van der Waals surface area contributed by atoms with Gasteiger partial charge in [0.25, 0.3) is 5.56 Å². The van der Waals surface area contributed by atoms with Gasteiger partial charge in [-0.25, -0.2) is 4.98 Å². The lowest BCUT2D eigenvalue weighted by Gasteiger charge is -2.27. The minimum absolute atomic E-state index is 0.0174. The van der Waals surface area contributed by atoms with Gasteiger partial charge in [0.05, 0.1) is 11.1 Å². The second-order valence-corrected chi connectivity index (χ2v) is 10.5. The van der Waals surface area contributed by atoms with E-state index in [-0.39, 0.29) is 23.3 Å². The predicted molar refractivity (Wildman–Crippen MR) is 140 cm³/mol. The van der Waals surface area contributed by atoms with E-state index < -0.39 is 0 Å². The molecule has 0 aliphatic carbocycles. The van der Waals surface area contributed by atoms with Crippen LogP contribution in [0.25, 0.3) is 20.7 Å². The number of allylic oxidation sites excluding steroid dienone is 1. The first-order valence-electron chi connectivity index (χ1n) is 10.6. The number of rotatable bonds is 9. The monoisotopic (exact) mass is 495 g/mol. The van der Waals surface area contributed by atoms with Crippen molar-refractivity contribution < 1.29 is 4.79 Å². The van der Waals surface area contributed by atoms with Crippen LogP contribution < -0.4 is 5.56 Å². The summed E-state index contributed by atoms with van der Waals surface area (Å²) in [4.78, 5) is 34.9. The molecule has 4 aromatic rings. The van der Waals surface area contributed by atoms with Crippen LogP contribution in [0.2, 0.25) is 0 Å². The van der Waals surface area contributed by atoms with Gasteiger partial charge in [-0.1, -0.05) is 54.2 Å². The first-order valence-corrected chi connectivity index (χ1v) is 13.4. The van der Waals surface area contributed by atoms with Crippen molar-refractivity contribution in [3.63, 3.8) is 0 Å². The summed E-state index contributed by atoms with van der Waals surface area (Å²) in [6.07, 6.45) is 1.69. The van der Waals surface area contributed by atoms with E-state index in [0.29, 0.717) is 28.5 Å². The van der Waals surface area contributed by atoms with Gasteiger partial charge in [0.2, 0.25) is 5.91 Å². The maximum Gasteiger partial charge on any atom is 0.263 e. The van der Waals surface area contributed by atoms with Crippen LogP contribution in [-0.2, 0) is 17.9 Å². The fraction of sp³-hybridized carbons (Fsp3) is 0.240. The zero-order valence-electron chi connectivity index (χ0n) is 18.6. The van der Waals surface area contributed by atoms with Crippen LogP contribution in [0.1, 0.15) is 19.4 Å². The Balaban J connectivity index is 1.61. The quantitative estimate of drug-likeness (QED) is 0.165. The Bertz CT molecular complexity index is 1310. The third-order valence-corrected chi connectivity index (χ3v) is 7.96. The Hall–Kier alpha value is -2.68. The van der Waals surface area contributed by atoms with Crippen molar-refractivity contribution in [2.45, 2.75) is 38.1 Å². The number of hydrogen-bond donors (Lipinski definition) is 0. The fourth-order valence-corrected chi connectivity index (χ4v) is 6.26. The number of thiophene rings is 2. The van der Waals surface area contributed by atoms with E-state index in [4.69, 9.17) is 4.98 Å². The van der Waals surface area contributed by atoms with Gasteiger partial charge in [0, 0.05) is 35.0 Å². The van der Waals surface area contributed by atoms with Gasteiger partial charge in [-0.3, -0.25) is 14.2 Å². The second kappa shape index (κ2) is 10.5. The van der Waals surface area contributed by atoms with Crippen molar-refractivity contribution in [3.05, 3.63) is 81.8 Å². The van der Waals surface area contributed by atoms with Crippen molar-refractivity contribution in [2.75, 3.05) is 5.75 Å². The Kier molecular flexibility index (Phi) is 7.47. The molecule has 0 fully saturated rings. The van der Waals surface area contributed by atoms with Gasteiger partial charge in [0.1, 0.15) is 4.83 Å². The predicted octanol–water partition coefficient (Wildman–Crippen LogP) is 5.90. The first kappa shape index (κ1) is 23.5. The zero-order chi connectivity index (χ0) is 23.4. The summed E-state index contributed by atoms with van der Waals surface area (Å²) in [5, 5.41) is 5.17. The number of nitrogens with zero attached hydrogens (tertiary/aromatic N) is 3. The van der Waals surface area contributed by atoms with E-state index in [2.05, 4.69) is 6.58 Å². The molecule has 0 saturated heterocycles. The lowest BCUT2D eigenvalue weighted by atomic mass is 10.2. The Morgan fingerprint density at radius 3 is 2.67 bits per heavy atom. The molecule has 0 bridgehead atoms. The number of thioether (sulfide) groups is 1. The molecular formula is C25H25N3O2S3. The maximum atomic E-state index is 13.4. The van der Waals surface area contributed by atoms with Crippen molar-refractivity contribution >= 4 is 50.6 Å². The lowest BCUT2D eigenvalue weighted by Crippen LogP contribution is -2.37. The van der Waals surface area contributed by atoms with Gasteiger partial charge in [-0.2, -0.15) is 0 Å². The minimum Gasteiger partial charge on any atom is -0.335 e. The molecular weight excluding hydrogens is 470 g/mol. The van der Waals surface area contributed by atoms with Crippen LogP contribution in [0.3, 0.4) is 0 Å². The van der Waals surface area contributed by atoms with Crippen LogP contribution in [0.4, 0.5) is 0 Å². The van der Waals surface area contributed by atoms with Crippen molar-refractivity contribution in [2.24, 2.45) is 0 Å². The molecule has 3 aromatic heterocycles. The molecule has 0 N–H and O–H groups in total. The Labute approximate surface area is 205 Å². The summed E-state index contributed by atoms with van der Waals surface area (Å²) >= 11 is 4.37. The van der Waals surface area contributed by atoms with Crippen molar-refractivity contribution in [3.8, 4) is 10.4 Å². The highest BCUT2D eigenvalue weighted by Crippen LogP contribution is 2.34. The molecule has 0 atom stereocenters. The van der Waals surface area contributed by atoms with Crippen LogP contribution in [0.5, 0.6) is 0 Å². The van der Waals surface area contributed by atoms with Crippen LogP contribution in [0.15, 0.2) is 75.8 Å². The van der Waals surface area contributed by atoms with Crippen molar-refractivity contribution in [1.29, 1.82) is 0 Å². The standard InChI is InChI=1S/C25H25N3O2S3/c1-4-12-27-24(30)22-19(20-11-8-13-31-20)15-32-23(22)26-25(27)33-16-21(29)28(17(2)3)14-18-9-6-5-7-10-18/h4-11,13,15,17H,1,12,14,16H2,2-3H3. The SMILES string of the molecule is C=CCn1c(SCC(=O)N(Cc2ccccc2)C(C)C)nc2scc(-c3cccs3)c2c1=O. The zero-order valence-corrected chi connectivity index (χ0v) is 21.0. The van der Waals surface area contributed by atoms with Crippen LogP contribution in [0, 0.1) is 0 Å². The summed E-state index contributed by atoms with van der Waals surface area (Å²) in [5.74, 6) is 0.229. The van der Waals surface area contributed by atoms with E-state index in [1.165, 1.54) is 23.1 Å². The number of fused-ring (bicyclic) bond motifs is 1. The topological polar surface area (TPSA) is 55.2 Å². The smallest absolute Gasteiger partial charge is 0.263 e. The van der Waals surface area contributed by atoms with E-state index in [1.54, 1.807) is 22.0 Å². The highest BCUT2D eigenvalue weighted by molar-refractivity contribution is 7.99. The maximum absolute atomic E-state index is 13.4. The summed E-state index contributed by atoms with van der Waals surface area (Å²) in [6, 6.07) is 14.0. The van der Waals surface area contributed by atoms with E-state index in [1.807, 2.05) is 72.0 Å². The van der Waals surface area contributed by atoms with Crippen LogP contribution in [-0.4, -0.2) is 32.2 Å². The summed E-state index contributed by atoms with van der Waals surface area (Å²) < 4.78 is 1.62. The Morgan fingerprint density at radius 1 is 1.21 bits per heavy atom. The summed E-state index contributed by atoms with van der Waals surface area (Å²) in [6.45, 7) is 8.73. The highest BCUT2D eigenvalue weighted by atomic mass is 32.2. The number of aromatic nitrogens is 2. The third kappa shape index (κ3) is 5.13. The van der Waals surface area contributed by atoms with Crippen molar-refractivity contribution in [1.82, 2.24) is 14.5 Å². The molecule has 0 spiro atoms. The molecule has 33 heavy (non-hydrogen) atoms. The van der Waals surface area contributed by atoms with E-state index >= 15 is 0 Å². The molecule has 5 nitrogen and oxygen atoms in total. The highest BCUT2D eigenvalue weighted by Gasteiger charge is 2.21. The first-order chi connectivity index (χ1) is 16.0. The molecule has 4 rings (SSSR count). The lowest BCUT2D eigenvalue weighted by molar-refractivity contribution is -0.130. The molecule has 1 aromatic carbocycles. The molecule has 8 heteroatoms. The Morgan fingerprint density at radius 2 is 2.00 bits per heavy atom. The number of amides is 1. The van der Waals surface area contributed by atoms with Gasteiger partial charge in [0.15, 0.2) is 5.16 Å². The van der Waals surface area contributed by atoms with Gasteiger partial charge < -0.3 is 4.90 Å². The molecule has 0 aliphatic heterocycles.